The van der Waals surface area contributed by atoms with Gasteiger partial charge in [-0.15, -0.1) is 0 Å². The van der Waals surface area contributed by atoms with E-state index in [1.807, 2.05) is 26.0 Å². The van der Waals surface area contributed by atoms with Gasteiger partial charge in [0.2, 0.25) is 0 Å². The van der Waals surface area contributed by atoms with Crippen molar-refractivity contribution < 1.29 is 27.2 Å². The minimum absolute atomic E-state index is 0.149. The van der Waals surface area contributed by atoms with Gasteiger partial charge in [-0.3, -0.25) is 4.90 Å². The van der Waals surface area contributed by atoms with Gasteiger partial charge in [0.1, 0.15) is 18.1 Å². The monoisotopic (exact) mass is 398 g/mol. The second kappa shape index (κ2) is 8.53. The number of aromatic nitrogens is 1. The maximum Gasteiger partial charge on any atom is 0.411 e. The fraction of sp³-hybridized carbons (Fsp3) is 0.550. The lowest BCUT2D eigenvalue weighted by atomic mass is 10.0. The molecule has 0 spiro atoms. The SMILES string of the molecule is COc1ccc(CN2CCC[C@H]2c2c(C)noc2C)cc1COCC(F)(F)F. The summed E-state index contributed by atoms with van der Waals surface area (Å²) in [6.45, 7) is 4.08. The molecule has 8 heteroatoms. The van der Waals surface area contributed by atoms with E-state index < -0.39 is 12.8 Å². The molecule has 3 rings (SSSR count). The molecule has 1 aliphatic heterocycles. The van der Waals surface area contributed by atoms with Crippen LogP contribution >= 0.6 is 0 Å². The summed E-state index contributed by atoms with van der Waals surface area (Å²) in [4.78, 5) is 2.36. The van der Waals surface area contributed by atoms with E-state index in [4.69, 9.17) is 14.0 Å². The topological polar surface area (TPSA) is 47.7 Å². The zero-order valence-electron chi connectivity index (χ0n) is 16.3. The van der Waals surface area contributed by atoms with E-state index in [1.165, 1.54) is 7.11 Å². The summed E-state index contributed by atoms with van der Waals surface area (Å²) >= 11 is 0. The first-order valence-corrected chi connectivity index (χ1v) is 9.25. The van der Waals surface area contributed by atoms with E-state index in [0.717, 1.165) is 42.0 Å². The van der Waals surface area contributed by atoms with Gasteiger partial charge in [0.25, 0.3) is 0 Å². The van der Waals surface area contributed by atoms with Gasteiger partial charge in [0.05, 0.1) is 19.4 Å². The first kappa shape index (κ1) is 20.7. The predicted octanol–water partition coefficient (Wildman–Crippen LogP) is 4.72. The summed E-state index contributed by atoms with van der Waals surface area (Å²) in [6, 6.07) is 5.81. The van der Waals surface area contributed by atoms with E-state index in [0.29, 0.717) is 17.9 Å². The molecule has 0 unspecified atom stereocenters. The summed E-state index contributed by atoms with van der Waals surface area (Å²) in [5.74, 6) is 1.36. The third-order valence-electron chi connectivity index (χ3n) is 5.04. The minimum Gasteiger partial charge on any atom is -0.496 e. The first-order valence-electron chi connectivity index (χ1n) is 9.25. The third-order valence-corrected chi connectivity index (χ3v) is 5.04. The number of hydrogen-bond donors (Lipinski definition) is 0. The van der Waals surface area contributed by atoms with Crippen molar-refractivity contribution in [2.75, 3.05) is 20.3 Å². The molecule has 28 heavy (non-hydrogen) atoms. The zero-order valence-corrected chi connectivity index (χ0v) is 16.3. The van der Waals surface area contributed by atoms with Crippen LogP contribution in [0.1, 0.15) is 47.0 Å². The van der Waals surface area contributed by atoms with Crippen LogP contribution in [0, 0.1) is 13.8 Å². The van der Waals surface area contributed by atoms with Gasteiger partial charge < -0.3 is 14.0 Å². The van der Waals surface area contributed by atoms with Crippen LogP contribution in [-0.4, -0.2) is 36.5 Å². The lowest BCUT2D eigenvalue weighted by molar-refractivity contribution is -0.176. The number of aryl methyl sites for hydroxylation is 2. The van der Waals surface area contributed by atoms with Gasteiger partial charge in [-0.1, -0.05) is 11.2 Å². The van der Waals surface area contributed by atoms with Crippen molar-refractivity contribution in [3.05, 3.63) is 46.3 Å². The van der Waals surface area contributed by atoms with Gasteiger partial charge in [-0.25, -0.2) is 0 Å². The van der Waals surface area contributed by atoms with Gasteiger partial charge >= 0.3 is 6.18 Å². The van der Waals surface area contributed by atoms with Gasteiger partial charge in [0.15, 0.2) is 0 Å². The molecular weight excluding hydrogens is 373 g/mol. The lowest BCUT2D eigenvalue weighted by Gasteiger charge is -2.25. The Morgan fingerprint density at radius 3 is 2.71 bits per heavy atom. The van der Waals surface area contributed by atoms with Crippen LogP contribution in [0.2, 0.25) is 0 Å². The van der Waals surface area contributed by atoms with Gasteiger partial charge in [-0.05, 0) is 50.9 Å². The number of methoxy groups -OCH3 is 1. The maximum absolute atomic E-state index is 12.4. The molecule has 1 aromatic heterocycles. The molecule has 0 radical (unpaired) electrons. The minimum atomic E-state index is -4.35. The van der Waals surface area contributed by atoms with Crippen LogP contribution in [0.5, 0.6) is 5.75 Å². The quantitative estimate of drug-likeness (QED) is 0.676. The predicted molar refractivity (Wildman–Crippen MR) is 97.1 cm³/mol. The molecule has 154 valence electrons. The van der Waals surface area contributed by atoms with Gasteiger partial charge in [0, 0.05) is 23.7 Å². The standard InChI is InChI=1S/C20H25F3N2O3/c1-13-19(14(2)28-24-13)17-5-4-8-25(17)10-15-6-7-18(26-3)16(9-15)11-27-12-20(21,22)23/h6-7,9,17H,4-5,8,10-12H2,1-3H3/t17-/m0/s1. The first-order chi connectivity index (χ1) is 13.3. The van der Waals surface area contributed by atoms with Crippen LogP contribution in [-0.2, 0) is 17.9 Å². The average molecular weight is 398 g/mol. The highest BCUT2D eigenvalue weighted by atomic mass is 19.4. The molecule has 2 aromatic rings. The van der Waals surface area contributed by atoms with Crippen LogP contribution < -0.4 is 4.74 Å². The molecule has 0 bridgehead atoms. The van der Waals surface area contributed by atoms with Crippen LogP contribution in [0.25, 0.3) is 0 Å². The van der Waals surface area contributed by atoms with Crippen molar-refractivity contribution >= 4 is 0 Å². The highest BCUT2D eigenvalue weighted by Gasteiger charge is 2.31. The fourth-order valence-electron chi connectivity index (χ4n) is 3.86. The molecule has 0 N–H and O–H groups in total. The van der Waals surface area contributed by atoms with E-state index in [-0.39, 0.29) is 12.6 Å². The molecule has 1 fully saturated rings. The largest absolute Gasteiger partial charge is 0.496 e. The van der Waals surface area contributed by atoms with Crippen molar-refractivity contribution in [1.82, 2.24) is 10.1 Å². The van der Waals surface area contributed by atoms with Crippen molar-refractivity contribution in [2.45, 2.75) is 52.1 Å². The number of rotatable bonds is 7. The molecule has 0 amide bonds. The summed E-state index contributed by atoms with van der Waals surface area (Å²) in [7, 11) is 1.50. The Kier molecular flexibility index (Phi) is 6.30. The number of benzene rings is 1. The van der Waals surface area contributed by atoms with Crippen LogP contribution in [0.4, 0.5) is 13.2 Å². The Hall–Kier alpha value is -2.06. The zero-order chi connectivity index (χ0) is 20.3. The number of nitrogens with zero attached hydrogens (tertiary/aromatic N) is 2. The summed E-state index contributed by atoms with van der Waals surface area (Å²) < 4.78 is 52.5. The summed E-state index contributed by atoms with van der Waals surface area (Å²) in [5.41, 5.74) is 3.66. The van der Waals surface area contributed by atoms with Crippen molar-refractivity contribution in [1.29, 1.82) is 0 Å². The van der Waals surface area contributed by atoms with E-state index in [2.05, 4.69) is 10.1 Å². The Morgan fingerprint density at radius 1 is 1.29 bits per heavy atom. The molecular formula is C20H25F3N2O3. The highest BCUT2D eigenvalue weighted by Crippen LogP contribution is 2.36. The number of hydrogen-bond acceptors (Lipinski definition) is 5. The molecule has 5 nitrogen and oxygen atoms in total. The normalized spacial score (nSPS) is 18.0. The van der Waals surface area contributed by atoms with Crippen molar-refractivity contribution in [2.24, 2.45) is 0 Å². The highest BCUT2D eigenvalue weighted by molar-refractivity contribution is 5.37. The smallest absolute Gasteiger partial charge is 0.411 e. The third kappa shape index (κ3) is 4.86. The molecule has 0 saturated carbocycles. The van der Waals surface area contributed by atoms with Crippen LogP contribution in [0.3, 0.4) is 0 Å². The Bertz CT molecular complexity index is 785. The molecule has 2 heterocycles. The number of likely N-dealkylation sites (tertiary alicyclic amines) is 1. The molecule has 0 aliphatic carbocycles. The fourth-order valence-corrected chi connectivity index (χ4v) is 3.86. The Balaban J connectivity index is 1.73. The summed E-state index contributed by atoms with van der Waals surface area (Å²) in [5, 5.41) is 4.07. The summed E-state index contributed by atoms with van der Waals surface area (Å²) in [6.07, 6.45) is -2.24. The van der Waals surface area contributed by atoms with E-state index in [1.54, 1.807) is 6.07 Å². The van der Waals surface area contributed by atoms with E-state index >= 15 is 0 Å². The average Bonchev–Trinajstić information content (AvgIpc) is 3.20. The van der Waals surface area contributed by atoms with E-state index in [9.17, 15) is 13.2 Å². The maximum atomic E-state index is 12.4. The molecule has 1 atom stereocenters. The number of ether oxygens (including phenoxy) is 2. The molecule has 1 aromatic carbocycles. The number of alkyl halides is 3. The number of halogens is 3. The lowest BCUT2D eigenvalue weighted by Crippen LogP contribution is -2.23. The van der Waals surface area contributed by atoms with Crippen molar-refractivity contribution in [3.8, 4) is 5.75 Å². The Labute approximate surface area is 162 Å². The molecule has 1 aliphatic rings. The Morgan fingerprint density at radius 2 is 2.07 bits per heavy atom. The second-order valence-corrected chi connectivity index (χ2v) is 7.12. The molecule has 1 saturated heterocycles. The van der Waals surface area contributed by atoms with Crippen LogP contribution in [0.15, 0.2) is 22.7 Å². The van der Waals surface area contributed by atoms with Gasteiger partial charge in [-0.2, -0.15) is 13.2 Å². The second-order valence-electron chi connectivity index (χ2n) is 7.12. The van der Waals surface area contributed by atoms with Crippen molar-refractivity contribution in [3.63, 3.8) is 0 Å².